The van der Waals surface area contributed by atoms with Gasteiger partial charge in [-0.15, -0.1) is 0 Å². The summed E-state index contributed by atoms with van der Waals surface area (Å²) in [4.78, 5) is 0.410. The highest BCUT2D eigenvalue weighted by molar-refractivity contribution is 9.10. The van der Waals surface area contributed by atoms with Crippen LogP contribution in [0.15, 0.2) is 21.5 Å². The molecule has 0 saturated carbocycles. The smallest absolute Gasteiger partial charge is 0.175 e. The Morgan fingerprint density at radius 2 is 1.69 bits per heavy atom. The molecule has 1 aromatic rings. The van der Waals surface area contributed by atoms with E-state index in [1.54, 1.807) is 13.0 Å². The molecule has 0 amide bonds. The lowest BCUT2D eigenvalue weighted by molar-refractivity contribution is 0.601. The maximum atomic E-state index is 11.3. The number of hydrogen-bond donors (Lipinski definition) is 0. The zero-order valence-electron chi connectivity index (χ0n) is 7.76. The van der Waals surface area contributed by atoms with Crippen LogP contribution in [0.4, 0.5) is 0 Å². The molecule has 0 bridgehead atoms. The largest absolute Gasteiger partial charge is 0.224 e. The van der Waals surface area contributed by atoms with Crippen LogP contribution in [-0.2, 0) is 9.84 Å². The molecule has 0 aliphatic rings. The molecule has 0 fully saturated rings. The van der Waals surface area contributed by atoms with Gasteiger partial charge in [-0.05, 0) is 37.1 Å². The summed E-state index contributed by atoms with van der Waals surface area (Å²) in [7, 11) is -3.09. The highest BCUT2D eigenvalue weighted by Crippen LogP contribution is 2.23. The van der Waals surface area contributed by atoms with Gasteiger partial charge in [0.15, 0.2) is 9.84 Å². The number of aryl methyl sites for hydroxylation is 2. The number of sulfone groups is 1. The molecule has 1 aromatic carbocycles. The zero-order valence-corrected chi connectivity index (χ0v) is 10.2. The van der Waals surface area contributed by atoms with Crippen molar-refractivity contribution in [3.63, 3.8) is 0 Å². The predicted molar refractivity (Wildman–Crippen MR) is 56.7 cm³/mol. The second-order valence-electron chi connectivity index (χ2n) is 3.14. The number of hydrogen-bond acceptors (Lipinski definition) is 2. The molecule has 0 radical (unpaired) electrons. The van der Waals surface area contributed by atoms with E-state index in [-0.39, 0.29) is 0 Å². The van der Waals surface area contributed by atoms with Crippen LogP contribution in [0.1, 0.15) is 11.1 Å². The highest BCUT2D eigenvalue weighted by Gasteiger charge is 2.11. The molecule has 0 aliphatic heterocycles. The molecule has 0 N–H and O–H groups in total. The van der Waals surface area contributed by atoms with E-state index in [1.807, 2.05) is 13.0 Å². The Labute approximate surface area is 87.0 Å². The third kappa shape index (κ3) is 2.31. The van der Waals surface area contributed by atoms with Gasteiger partial charge >= 0.3 is 0 Å². The van der Waals surface area contributed by atoms with Gasteiger partial charge in [-0.1, -0.05) is 15.9 Å². The van der Waals surface area contributed by atoms with Crippen LogP contribution in [0, 0.1) is 13.8 Å². The molecule has 0 spiro atoms. The van der Waals surface area contributed by atoms with Crippen LogP contribution >= 0.6 is 15.9 Å². The SMILES string of the molecule is Cc1cc(S(C)(=O)=O)c(C)cc1Br. The van der Waals surface area contributed by atoms with Crippen LogP contribution in [0.5, 0.6) is 0 Å². The second-order valence-corrected chi connectivity index (χ2v) is 5.98. The molecule has 0 atom stereocenters. The maximum Gasteiger partial charge on any atom is 0.175 e. The second kappa shape index (κ2) is 3.42. The Kier molecular flexibility index (Phi) is 2.82. The molecule has 0 unspecified atom stereocenters. The van der Waals surface area contributed by atoms with Crippen molar-refractivity contribution in [2.45, 2.75) is 18.7 Å². The number of benzene rings is 1. The van der Waals surface area contributed by atoms with E-state index >= 15 is 0 Å². The summed E-state index contributed by atoms with van der Waals surface area (Å²) in [6.07, 6.45) is 1.22. The molecule has 72 valence electrons. The fraction of sp³-hybridized carbons (Fsp3) is 0.333. The van der Waals surface area contributed by atoms with Crippen molar-refractivity contribution in [3.8, 4) is 0 Å². The lowest BCUT2D eigenvalue weighted by Crippen LogP contribution is -2.00. The van der Waals surface area contributed by atoms with Gasteiger partial charge < -0.3 is 0 Å². The van der Waals surface area contributed by atoms with E-state index < -0.39 is 9.84 Å². The fourth-order valence-corrected chi connectivity index (χ4v) is 2.65. The van der Waals surface area contributed by atoms with Crippen molar-refractivity contribution >= 4 is 25.8 Å². The first-order chi connectivity index (χ1) is 5.82. The summed E-state index contributed by atoms with van der Waals surface area (Å²) in [5, 5.41) is 0. The summed E-state index contributed by atoms with van der Waals surface area (Å²) < 4.78 is 23.5. The van der Waals surface area contributed by atoms with Crippen molar-refractivity contribution in [2.75, 3.05) is 6.26 Å². The summed E-state index contributed by atoms with van der Waals surface area (Å²) in [6, 6.07) is 3.51. The average molecular weight is 263 g/mol. The maximum absolute atomic E-state index is 11.3. The molecular weight excluding hydrogens is 252 g/mol. The molecule has 13 heavy (non-hydrogen) atoms. The van der Waals surface area contributed by atoms with Gasteiger partial charge in [0, 0.05) is 10.7 Å². The molecule has 0 aliphatic carbocycles. The molecule has 0 aromatic heterocycles. The predicted octanol–water partition coefficient (Wildman–Crippen LogP) is 2.47. The van der Waals surface area contributed by atoms with Crippen LogP contribution in [-0.4, -0.2) is 14.7 Å². The van der Waals surface area contributed by atoms with E-state index in [1.165, 1.54) is 6.26 Å². The quantitative estimate of drug-likeness (QED) is 0.780. The van der Waals surface area contributed by atoms with Gasteiger partial charge in [0.25, 0.3) is 0 Å². The molecule has 2 nitrogen and oxygen atoms in total. The summed E-state index contributed by atoms with van der Waals surface area (Å²) in [6.45, 7) is 3.67. The fourth-order valence-electron chi connectivity index (χ4n) is 1.15. The standard InChI is InChI=1S/C9H11BrO2S/c1-6-5-9(13(3,11)12)7(2)4-8(6)10/h4-5H,1-3H3. The van der Waals surface area contributed by atoms with Crippen LogP contribution < -0.4 is 0 Å². The third-order valence-corrected chi connectivity index (χ3v) is 3.95. The first-order valence-corrected chi connectivity index (χ1v) is 6.47. The van der Waals surface area contributed by atoms with E-state index in [4.69, 9.17) is 0 Å². The molecule has 1 rings (SSSR count). The van der Waals surface area contributed by atoms with Crippen molar-refractivity contribution in [3.05, 3.63) is 27.7 Å². The van der Waals surface area contributed by atoms with Gasteiger partial charge in [-0.25, -0.2) is 8.42 Å². The van der Waals surface area contributed by atoms with Gasteiger partial charge in [0.1, 0.15) is 0 Å². The number of rotatable bonds is 1. The third-order valence-electron chi connectivity index (χ3n) is 1.86. The summed E-state index contributed by atoms with van der Waals surface area (Å²) >= 11 is 3.35. The van der Waals surface area contributed by atoms with Crippen LogP contribution in [0.3, 0.4) is 0 Å². The molecule has 0 saturated heterocycles. The zero-order chi connectivity index (χ0) is 10.2. The summed E-state index contributed by atoms with van der Waals surface area (Å²) in [5.41, 5.74) is 1.71. The molecular formula is C9H11BrO2S. The van der Waals surface area contributed by atoms with Crippen LogP contribution in [0.2, 0.25) is 0 Å². The molecule has 0 heterocycles. The van der Waals surface area contributed by atoms with Crippen LogP contribution in [0.25, 0.3) is 0 Å². The van der Waals surface area contributed by atoms with E-state index in [0.717, 1.165) is 15.6 Å². The monoisotopic (exact) mass is 262 g/mol. The van der Waals surface area contributed by atoms with E-state index in [2.05, 4.69) is 15.9 Å². The molecule has 4 heteroatoms. The van der Waals surface area contributed by atoms with Crippen molar-refractivity contribution in [2.24, 2.45) is 0 Å². The minimum absolute atomic E-state index is 0.410. The lowest BCUT2D eigenvalue weighted by atomic mass is 10.2. The Hall–Kier alpha value is -0.350. The minimum Gasteiger partial charge on any atom is -0.224 e. The Morgan fingerprint density at radius 1 is 1.15 bits per heavy atom. The average Bonchev–Trinajstić information content (AvgIpc) is 1.94. The first kappa shape index (κ1) is 10.7. The minimum atomic E-state index is -3.09. The van der Waals surface area contributed by atoms with E-state index in [0.29, 0.717) is 4.90 Å². The van der Waals surface area contributed by atoms with Gasteiger partial charge in [-0.3, -0.25) is 0 Å². The Balaban J connectivity index is 3.50. The number of halogens is 1. The van der Waals surface area contributed by atoms with Gasteiger partial charge in [0.2, 0.25) is 0 Å². The van der Waals surface area contributed by atoms with E-state index in [9.17, 15) is 8.42 Å². The first-order valence-electron chi connectivity index (χ1n) is 3.79. The normalized spacial score (nSPS) is 11.7. The van der Waals surface area contributed by atoms with Gasteiger partial charge in [-0.2, -0.15) is 0 Å². The Morgan fingerprint density at radius 3 is 2.15 bits per heavy atom. The topological polar surface area (TPSA) is 34.1 Å². The summed E-state index contributed by atoms with van der Waals surface area (Å²) in [5.74, 6) is 0. The van der Waals surface area contributed by atoms with Crippen molar-refractivity contribution in [1.82, 2.24) is 0 Å². The van der Waals surface area contributed by atoms with Crippen molar-refractivity contribution in [1.29, 1.82) is 0 Å². The highest BCUT2D eigenvalue weighted by atomic mass is 79.9. The van der Waals surface area contributed by atoms with Gasteiger partial charge in [0.05, 0.1) is 4.90 Å². The lowest BCUT2D eigenvalue weighted by Gasteiger charge is -2.06. The van der Waals surface area contributed by atoms with Crippen molar-refractivity contribution < 1.29 is 8.42 Å². The Bertz CT molecular complexity index is 435.